The topological polar surface area (TPSA) is 20.3 Å². The Kier molecular flexibility index (Phi) is 5.76. The lowest BCUT2D eigenvalue weighted by molar-refractivity contribution is -0.132. The molecule has 2 heteroatoms. The van der Waals surface area contributed by atoms with Crippen LogP contribution in [0.4, 0.5) is 0 Å². The van der Waals surface area contributed by atoms with Crippen molar-refractivity contribution in [2.24, 2.45) is 5.92 Å². The van der Waals surface area contributed by atoms with Crippen LogP contribution in [0.15, 0.2) is 0 Å². The van der Waals surface area contributed by atoms with Gasteiger partial charge in [0.05, 0.1) is 0 Å². The number of hydrogen-bond acceptors (Lipinski definition) is 1. The summed E-state index contributed by atoms with van der Waals surface area (Å²) in [5.41, 5.74) is 0. The smallest absolute Gasteiger partial charge is 0.222 e. The SMILES string of the molecule is CCC(=O)N(CCC(C)C)C(C)C. The monoisotopic (exact) mass is 185 g/mol. The van der Waals surface area contributed by atoms with Gasteiger partial charge in [-0.25, -0.2) is 0 Å². The maximum absolute atomic E-state index is 11.5. The second-order valence-electron chi connectivity index (χ2n) is 4.22. The maximum atomic E-state index is 11.5. The maximum Gasteiger partial charge on any atom is 0.222 e. The number of rotatable bonds is 5. The van der Waals surface area contributed by atoms with Gasteiger partial charge in [-0.2, -0.15) is 0 Å². The van der Waals surface area contributed by atoms with Crippen LogP contribution in [0.5, 0.6) is 0 Å². The van der Waals surface area contributed by atoms with E-state index in [0.717, 1.165) is 13.0 Å². The summed E-state index contributed by atoms with van der Waals surface area (Å²) in [7, 11) is 0. The van der Waals surface area contributed by atoms with Gasteiger partial charge in [0.15, 0.2) is 0 Å². The lowest BCUT2D eigenvalue weighted by atomic mass is 10.1. The molecule has 0 bridgehead atoms. The minimum Gasteiger partial charge on any atom is -0.340 e. The molecule has 0 saturated heterocycles. The summed E-state index contributed by atoms with van der Waals surface area (Å²) in [5, 5.41) is 0. The van der Waals surface area contributed by atoms with Crippen molar-refractivity contribution in [3.8, 4) is 0 Å². The Morgan fingerprint density at radius 3 is 2.08 bits per heavy atom. The fraction of sp³-hybridized carbons (Fsp3) is 0.909. The van der Waals surface area contributed by atoms with Crippen LogP contribution in [0.25, 0.3) is 0 Å². The Balaban J connectivity index is 4.03. The summed E-state index contributed by atoms with van der Waals surface area (Å²) in [6, 6.07) is 0.339. The van der Waals surface area contributed by atoms with Gasteiger partial charge in [0, 0.05) is 19.0 Å². The molecule has 0 aromatic rings. The summed E-state index contributed by atoms with van der Waals surface area (Å²) < 4.78 is 0. The van der Waals surface area contributed by atoms with Crippen molar-refractivity contribution in [2.75, 3.05) is 6.54 Å². The van der Waals surface area contributed by atoms with Crippen LogP contribution >= 0.6 is 0 Å². The normalized spacial score (nSPS) is 11.0. The van der Waals surface area contributed by atoms with E-state index in [2.05, 4.69) is 27.7 Å². The molecular weight excluding hydrogens is 162 g/mol. The molecule has 0 fully saturated rings. The molecule has 0 aliphatic carbocycles. The second-order valence-corrected chi connectivity index (χ2v) is 4.22. The fourth-order valence-corrected chi connectivity index (χ4v) is 1.27. The first-order chi connectivity index (χ1) is 5.99. The summed E-state index contributed by atoms with van der Waals surface area (Å²) in [6.07, 6.45) is 1.72. The number of amides is 1. The van der Waals surface area contributed by atoms with E-state index in [4.69, 9.17) is 0 Å². The van der Waals surface area contributed by atoms with Crippen molar-refractivity contribution in [2.45, 2.75) is 53.5 Å². The van der Waals surface area contributed by atoms with Gasteiger partial charge in [0.1, 0.15) is 0 Å². The van der Waals surface area contributed by atoms with Gasteiger partial charge < -0.3 is 4.90 Å². The van der Waals surface area contributed by atoms with Crippen LogP contribution in [0.3, 0.4) is 0 Å². The van der Waals surface area contributed by atoms with Gasteiger partial charge in [0.2, 0.25) is 5.91 Å². The van der Waals surface area contributed by atoms with E-state index in [9.17, 15) is 4.79 Å². The highest BCUT2D eigenvalue weighted by Crippen LogP contribution is 2.07. The molecule has 0 aliphatic heterocycles. The predicted octanol–water partition coefficient (Wildman–Crippen LogP) is 2.68. The third-order valence-electron chi connectivity index (χ3n) is 2.19. The first-order valence-electron chi connectivity index (χ1n) is 5.28. The number of carbonyl (C=O) groups is 1. The number of hydrogen-bond donors (Lipinski definition) is 0. The lowest BCUT2D eigenvalue weighted by Crippen LogP contribution is -2.37. The second kappa shape index (κ2) is 6.01. The standard InChI is InChI=1S/C11H23NO/c1-6-11(13)12(10(4)5)8-7-9(2)3/h9-10H,6-8H2,1-5H3. The Labute approximate surface area is 82.3 Å². The Hall–Kier alpha value is -0.530. The first-order valence-corrected chi connectivity index (χ1v) is 5.28. The van der Waals surface area contributed by atoms with E-state index in [0.29, 0.717) is 18.4 Å². The minimum atomic E-state index is 0.274. The molecule has 0 rings (SSSR count). The van der Waals surface area contributed by atoms with Crippen molar-refractivity contribution in [3.63, 3.8) is 0 Å². The Bertz CT molecular complexity index is 152. The average molecular weight is 185 g/mol. The molecule has 0 aromatic carbocycles. The molecule has 0 spiro atoms. The average Bonchev–Trinajstić information content (AvgIpc) is 2.03. The molecule has 1 amide bonds. The molecule has 0 heterocycles. The minimum absolute atomic E-state index is 0.274. The molecule has 0 unspecified atom stereocenters. The van der Waals surface area contributed by atoms with Crippen molar-refractivity contribution >= 4 is 5.91 Å². The Morgan fingerprint density at radius 2 is 1.77 bits per heavy atom. The van der Waals surface area contributed by atoms with E-state index in [1.807, 2.05) is 11.8 Å². The van der Waals surface area contributed by atoms with Gasteiger partial charge in [-0.3, -0.25) is 4.79 Å². The van der Waals surface area contributed by atoms with Crippen LogP contribution in [0.1, 0.15) is 47.5 Å². The third kappa shape index (κ3) is 4.91. The fourth-order valence-electron chi connectivity index (χ4n) is 1.27. The van der Waals surface area contributed by atoms with E-state index in [1.54, 1.807) is 0 Å². The third-order valence-corrected chi connectivity index (χ3v) is 2.19. The van der Waals surface area contributed by atoms with Gasteiger partial charge in [-0.15, -0.1) is 0 Å². The highest BCUT2D eigenvalue weighted by molar-refractivity contribution is 5.76. The largest absolute Gasteiger partial charge is 0.340 e. The zero-order chi connectivity index (χ0) is 10.4. The van der Waals surface area contributed by atoms with E-state index < -0.39 is 0 Å². The van der Waals surface area contributed by atoms with Crippen molar-refractivity contribution < 1.29 is 4.79 Å². The molecular formula is C11H23NO. The highest BCUT2D eigenvalue weighted by Gasteiger charge is 2.14. The van der Waals surface area contributed by atoms with Crippen LogP contribution < -0.4 is 0 Å². The van der Waals surface area contributed by atoms with E-state index >= 15 is 0 Å². The quantitative estimate of drug-likeness (QED) is 0.645. The molecule has 0 atom stereocenters. The summed E-state index contributed by atoms with van der Waals surface area (Å²) in [4.78, 5) is 13.5. The van der Waals surface area contributed by atoms with Crippen LogP contribution in [-0.2, 0) is 4.79 Å². The van der Waals surface area contributed by atoms with Gasteiger partial charge in [0.25, 0.3) is 0 Å². The predicted molar refractivity (Wildman–Crippen MR) is 56.6 cm³/mol. The molecule has 13 heavy (non-hydrogen) atoms. The zero-order valence-electron chi connectivity index (χ0n) is 9.63. The van der Waals surface area contributed by atoms with E-state index in [-0.39, 0.29) is 5.91 Å². The number of nitrogens with zero attached hydrogens (tertiary/aromatic N) is 1. The lowest BCUT2D eigenvalue weighted by Gasteiger charge is -2.27. The van der Waals surface area contributed by atoms with Gasteiger partial charge in [-0.1, -0.05) is 20.8 Å². The van der Waals surface area contributed by atoms with Gasteiger partial charge >= 0.3 is 0 Å². The van der Waals surface area contributed by atoms with Crippen molar-refractivity contribution in [3.05, 3.63) is 0 Å². The van der Waals surface area contributed by atoms with Gasteiger partial charge in [-0.05, 0) is 26.2 Å². The molecule has 0 aliphatic rings. The van der Waals surface area contributed by atoms with Crippen LogP contribution in [0, 0.1) is 5.92 Å². The van der Waals surface area contributed by atoms with Crippen molar-refractivity contribution in [1.82, 2.24) is 4.90 Å². The molecule has 0 saturated carbocycles. The summed E-state index contributed by atoms with van der Waals surface area (Å²) in [5.74, 6) is 0.946. The molecule has 0 aromatic heterocycles. The van der Waals surface area contributed by atoms with Crippen LogP contribution in [-0.4, -0.2) is 23.4 Å². The molecule has 0 N–H and O–H groups in total. The molecule has 78 valence electrons. The zero-order valence-corrected chi connectivity index (χ0v) is 9.63. The number of carbonyl (C=O) groups excluding carboxylic acids is 1. The summed E-state index contributed by atoms with van der Waals surface area (Å²) in [6.45, 7) is 11.4. The van der Waals surface area contributed by atoms with Crippen LogP contribution in [0.2, 0.25) is 0 Å². The first kappa shape index (κ1) is 12.5. The molecule has 0 radical (unpaired) electrons. The molecule has 2 nitrogen and oxygen atoms in total. The Morgan fingerprint density at radius 1 is 1.23 bits per heavy atom. The highest BCUT2D eigenvalue weighted by atomic mass is 16.2. The van der Waals surface area contributed by atoms with Crippen molar-refractivity contribution in [1.29, 1.82) is 0 Å². The summed E-state index contributed by atoms with van der Waals surface area (Å²) >= 11 is 0. The van der Waals surface area contributed by atoms with E-state index in [1.165, 1.54) is 0 Å².